The number of ether oxygens (including phenoxy) is 2. The van der Waals surface area contributed by atoms with Crippen molar-refractivity contribution in [1.82, 2.24) is 0 Å². The third-order valence-corrected chi connectivity index (χ3v) is 1.76. The van der Waals surface area contributed by atoms with Crippen LogP contribution in [0, 0.1) is 0 Å². The fourth-order valence-corrected chi connectivity index (χ4v) is 1.01. The van der Waals surface area contributed by atoms with Crippen LogP contribution < -0.4 is 0 Å². The van der Waals surface area contributed by atoms with Crippen LogP contribution in [-0.2, 0) is 14.3 Å². The molecule has 0 unspecified atom stereocenters. The Morgan fingerprint density at radius 3 is 2.46 bits per heavy atom. The van der Waals surface area contributed by atoms with Gasteiger partial charge < -0.3 is 9.47 Å². The van der Waals surface area contributed by atoms with Crippen LogP contribution in [0.1, 0.15) is 34.1 Å². The molecule has 0 aliphatic carbocycles. The van der Waals surface area contributed by atoms with Crippen molar-refractivity contribution in [3.05, 3.63) is 11.3 Å². The van der Waals surface area contributed by atoms with Gasteiger partial charge in [-0.25, -0.2) is 0 Å². The number of esters is 1. The molecule has 0 fully saturated rings. The van der Waals surface area contributed by atoms with Crippen LogP contribution in [0.4, 0.5) is 0 Å². The zero-order valence-corrected chi connectivity index (χ0v) is 8.64. The normalized spacial score (nSPS) is 18.0. The molecular weight excluding hydrogens is 168 g/mol. The van der Waals surface area contributed by atoms with Crippen molar-refractivity contribution in [2.24, 2.45) is 0 Å². The monoisotopic (exact) mass is 184 g/mol. The quantitative estimate of drug-likeness (QED) is 0.616. The van der Waals surface area contributed by atoms with Gasteiger partial charge in [0, 0.05) is 0 Å². The van der Waals surface area contributed by atoms with Crippen LogP contribution in [-0.4, -0.2) is 18.2 Å². The molecule has 0 aromatic rings. The second-order valence-electron chi connectivity index (χ2n) is 4.26. The summed E-state index contributed by atoms with van der Waals surface area (Å²) in [6.07, 6.45) is 0.406. The predicted molar refractivity (Wildman–Crippen MR) is 49.1 cm³/mol. The summed E-state index contributed by atoms with van der Waals surface area (Å²) in [5, 5.41) is 0. The predicted octanol–water partition coefficient (Wildman–Crippen LogP) is 2.02. The maximum absolute atomic E-state index is 10.9. The number of hydrogen-bond acceptors (Lipinski definition) is 3. The minimum absolute atomic E-state index is 0.176. The Bertz CT molecular complexity index is 245. The maximum Gasteiger partial charge on any atom is 0.315 e. The molecule has 3 nitrogen and oxygen atoms in total. The molecule has 1 aliphatic rings. The number of carbonyl (C=O) groups excluding carboxylic acids is 1. The molecule has 0 aromatic heterocycles. The first-order chi connectivity index (χ1) is 5.88. The zero-order valence-electron chi connectivity index (χ0n) is 8.64. The maximum atomic E-state index is 10.9. The van der Waals surface area contributed by atoms with Crippen molar-refractivity contribution in [3.8, 4) is 0 Å². The van der Waals surface area contributed by atoms with Crippen LogP contribution in [0.5, 0.6) is 0 Å². The second-order valence-corrected chi connectivity index (χ2v) is 4.26. The van der Waals surface area contributed by atoms with Gasteiger partial charge in [-0.1, -0.05) is 0 Å². The SMILES string of the molecule is CC1=C(COC(C)(C)C)OC(=O)C1. The molecule has 1 heterocycles. The van der Waals surface area contributed by atoms with Gasteiger partial charge in [-0.05, 0) is 33.3 Å². The van der Waals surface area contributed by atoms with Gasteiger partial charge >= 0.3 is 5.97 Å². The van der Waals surface area contributed by atoms with Crippen LogP contribution in [0.15, 0.2) is 11.3 Å². The summed E-state index contributed by atoms with van der Waals surface area (Å²) in [4.78, 5) is 10.9. The molecule has 0 amide bonds. The molecule has 1 aliphatic heterocycles. The molecule has 0 aromatic carbocycles. The average Bonchev–Trinajstić information content (AvgIpc) is 2.24. The van der Waals surface area contributed by atoms with Crippen LogP contribution in [0.25, 0.3) is 0 Å². The van der Waals surface area contributed by atoms with E-state index in [9.17, 15) is 4.79 Å². The first-order valence-electron chi connectivity index (χ1n) is 4.42. The van der Waals surface area contributed by atoms with Gasteiger partial charge in [0.15, 0.2) is 0 Å². The largest absolute Gasteiger partial charge is 0.428 e. The lowest BCUT2D eigenvalue weighted by Gasteiger charge is -2.19. The highest BCUT2D eigenvalue weighted by atomic mass is 16.6. The van der Waals surface area contributed by atoms with E-state index in [-0.39, 0.29) is 11.6 Å². The summed E-state index contributed by atoms with van der Waals surface area (Å²) in [7, 11) is 0. The van der Waals surface area contributed by atoms with E-state index in [0.29, 0.717) is 18.8 Å². The Morgan fingerprint density at radius 2 is 2.08 bits per heavy atom. The standard InChI is InChI=1S/C10H16O3/c1-7-5-9(11)13-8(7)6-12-10(2,3)4/h5-6H2,1-4H3. The average molecular weight is 184 g/mol. The topological polar surface area (TPSA) is 35.5 Å². The number of rotatable bonds is 2. The van der Waals surface area contributed by atoms with E-state index in [1.165, 1.54) is 0 Å². The summed E-state index contributed by atoms with van der Waals surface area (Å²) in [6.45, 7) is 8.20. The molecule has 74 valence electrons. The molecule has 0 bridgehead atoms. The molecule has 13 heavy (non-hydrogen) atoms. The summed E-state index contributed by atoms with van der Waals surface area (Å²) >= 11 is 0. The summed E-state index contributed by atoms with van der Waals surface area (Å²) < 4.78 is 10.5. The van der Waals surface area contributed by atoms with Crippen molar-refractivity contribution < 1.29 is 14.3 Å². The highest BCUT2D eigenvalue weighted by Crippen LogP contribution is 2.21. The number of hydrogen-bond donors (Lipinski definition) is 0. The van der Waals surface area contributed by atoms with E-state index >= 15 is 0 Å². The van der Waals surface area contributed by atoms with Crippen molar-refractivity contribution >= 4 is 5.97 Å². The molecule has 0 saturated carbocycles. The number of carbonyl (C=O) groups is 1. The van der Waals surface area contributed by atoms with E-state index < -0.39 is 0 Å². The van der Waals surface area contributed by atoms with Gasteiger partial charge in [0.05, 0.1) is 12.0 Å². The molecule has 0 radical (unpaired) electrons. The van der Waals surface area contributed by atoms with Gasteiger partial charge in [-0.3, -0.25) is 4.79 Å². The third-order valence-electron chi connectivity index (χ3n) is 1.76. The lowest BCUT2D eigenvalue weighted by Crippen LogP contribution is -2.21. The highest BCUT2D eigenvalue weighted by Gasteiger charge is 2.22. The Morgan fingerprint density at radius 1 is 1.46 bits per heavy atom. The lowest BCUT2D eigenvalue weighted by molar-refractivity contribution is -0.138. The molecule has 0 spiro atoms. The molecule has 0 saturated heterocycles. The molecular formula is C10H16O3. The minimum atomic E-state index is -0.192. The van der Waals surface area contributed by atoms with E-state index in [2.05, 4.69) is 0 Å². The van der Waals surface area contributed by atoms with Crippen molar-refractivity contribution in [2.75, 3.05) is 6.61 Å². The molecule has 3 heteroatoms. The lowest BCUT2D eigenvalue weighted by atomic mass is 10.2. The van der Waals surface area contributed by atoms with Gasteiger partial charge in [0.2, 0.25) is 0 Å². The Kier molecular flexibility index (Phi) is 2.76. The van der Waals surface area contributed by atoms with Crippen molar-refractivity contribution in [3.63, 3.8) is 0 Å². The zero-order chi connectivity index (χ0) is 10.1. The fraction of sp³-hybridized carbons (Fsp3) is 0.700. The smallest absolute Gasteiger partial charge is 0.315 e. The van der Waals surface area contributed by atoms with Crippen LogP contribution in [0.3, 0.4) is 0 Å². The fourth-order valence-electron chi connectivity index (χ4n) is 1.01. The first-order valence-corrected chi connectivity index (χ1v) is 4.42. The Labute approximate surface area is 78.7 Å². The Hall–Kier alpha value is -0.830. The van der Waals surface area contributed by atoms with E-state index in [1.54, 1.807) is 0 Å². The summed E-state index contributed by atoms with van der Waals surface area (Å²) in [5.74, 6) is 0.505. The van der Waals surface area contributed by atoms with Gasteiger partial charge in [0.1, 0.15) is 12.4 Å². The third kappa shape index (κ3) is 3.19. The van der Waals surface area contributed by atoms with Crippen LogP contribution in [0.2, 0.25) is 0 Å². The molecule has 0 atom stereocenters. The van der Waals surface area contributed by atoms with Gasteiger partial charge in [0.25, 0.3) is 0 Å². The van der Waals surface area contributed by atoms with Crippen LogP contribution >= 0.6 is 0 Å². The number of cyclic esters (lactones) is 1. The van der Waals surface area contributed by atoms with E-state index in [4.69, 9.17) is 9.47 Å². The van der Waals surface area contributed by atoms with Gasteiger partial charge in [-0.15, -0.1) is 0 Å². The Balaban J connectivity index is 2.46. The van der Waals surface area contributed by atoms with Crippen molar-refractivity contribution in [2.45, 2.75) is 39.7 Å². The van der Waals surface area contributed by atoms with E-state index in [1.807, 2.05) is 27.7 Å². The second kappa shape index (κ2) is 3.50. The van der Waals surface area contributed by atoms with E-state index in [0.717, 1.165) is 5.57 Å². The van der Waals surface area contributed by atoms with Crippen molar-refractivity contribution in [1.29, 1.82) is 0 Å². The highest BCUT2D eigenvalue weighted by molar-refractivity contribution is 5.76. The minimum Gasteiger partial charge on any atom is -0.428 e. The molecule has 0 N–H and O–H groups in total. The summed E-state index contributed by atoms with van der Waals surface area (Å²) in [6, 6.07) is 0. The molecule has 1 rings (SSSR count). The summed E-state index contributed by atoms with van der Waals surface area (Å²) in [5.41, 5.74) is 0.789. The van der Waals surface area contributed by atoms with Gasteiger partial charge in [-0.2, -0.15) is 0 Å². The first kappa shape index (κ1) is 10.3.